The Labute approximate surface area is 105 Å². The molecule has 1 fully saturated rings. The van der Waals surface area contributed by atoms with Gasteiger partial charge in [-0.05, 0) is 17.7 Å². The molecule has 4 nitrogen and oxygen atoms in total. The van der Waals surface area contributed by atoms with E-state index < -0.39 is 0 Å². The quantitative estimate of drug-likeness (QED) is 0.593. The molecule has 0 spiro atoms. The zero-order chi connectivity index (χ0) is 12.3. The minimum Gasteiger partial charge on any atom is -0.378 e. The van der Waals surface area contributed by atoms with Crippen LogP contribution in [0.4, 0.5) is 0 Å². The molecular formula is C12H13ClN2O2. The summed E-state index contributed by atoms with van der Waals surface area (Å²) >= 11 is 5.78. The van der Waals surface area contributed by atoms with Gasteiger partial charge in [0.2, 0.25) is 0 Å². The standard InChI is InChI=1S/C12H13ClN2O2/c1-9(10-2-3-14-11(13)8-10)12(16)15-4-6-17-7-5-15/h2-3,8H,1,4-7H2. The largest absolute Gasteiger partial charge is 0.378 e. The molecule has 0 saturated carbocycles. The normalized spacial score (nSPS) is 15.7. The van der Waals surface area contributed by atoms with Crippen molar-refractivity contribution in [2.75, 3.05) is 26.3 Å². The fourth-order valence-electron chi connectivity index (χ4n) is 1.67. The lowest BCUT2D eigenvalue weighted by Gasteiger charge is -2.27. The van der Waals surface area contributed by atoms with Gasteiger partial charge < -0.3 is 9.64 Å². The van der Waals surface area contributed by atoms with Crippen LogP contribution >= 0.6 is 11.6 Å². The molecule has 0 aliphatic carbocycles. The first kappa shape index (κ1) is 12.1. The number of halogens is 1. The molecule has 1 aliphatic rings. The van der Waals surface area contributed by atoms with Gasteiger partial charge in [0.25, 0.3) is 5.91 Å². The summed E-state index contributed by atoms with van der Waals surface area (Å²) in [4.78, 5) is 17.7. The van der Waals surface area contributed by atoms with E-state index in [2.05, 4.69) is 11.6 Å². The lowest BCUT2D eigenvalue weighted by Crippen LogP contribution is -2.40. The highest BCUT2D eigenvalue weighted by Crippen LogP contribution is 2.18. The zero-order valence-electron chi connectivity index (χ0n) is 9.36. The molecule has 17 heavy (non-hydrogen) atoms. The second-order valence-electron chi connectivity index (χ2n) is 3.75. The average Bonchev–Trinajstić information content (AvgIpc) is 2.38. The van der Waals surface area contributed by atoms with Crippen molar-refractivity contribution >= 4 is 23.1 Å². The molecule has 1 aliphatic heterocycles. The predicted octanol–water partition coefficient (Wildman–Crippen LogP) is 1.61. The summed E-state index contributed by atoms with van der Waals surface area (Å²) in [6, 6.07) is 3.37. The average molecular weight is 253 g/mol. The predicted molar refractivity (Wildman–Crippen MR) is 65.7 cm³/mol. The molecule has 0 atom stereocenters. The van der Waals surface area contributed by atoms with E-state index in [9.17, 15) is 4.79 Å². The maximum absolute atomic E-state index is 12.1. The second kappa shape index (κ2) is 5.29. The molecule has 1 aromatic rings. The molecule has 1 aromatic heterocycles. The van der Waals surface area contributed by atoms with Gasteiger partial charge in [-0.25, -0.2) is 4.98 Å². The molecule has 5 heteroatoms. The fraction of sp³-hybridized carbons (Fsp3) is 0.333. The Hall–Kier alpha value is -1.39. The van der Waals surface area contributed by atoms with Gasteiger partial charge in [-0.3, -0.25) is 4.79 Å². The second-order valence-corrected chi connectivity index (χ2v) is 4.14. The SMILES string of the molecule is C=C(C(=O)N1CCOCC1)c1ccnc(Cl)c1. The number of hydrogen-bond acceptors (Lipinski definition) is 3. The van der Waals surface area contributed by atoms with E-state index in [0.717, 1.165) is 0 Å². The van der Waals surface area contributed by atoms with Crippen LogP contribution in [-0.2, 0) is 9.53 Å². The number of nitrogens with zero attached hydrogens (tertiary/aromatic N) is 2. The summed E-state index contributed by atoms with van der Waals surface area (Å²) in [7, 11) is 0. The van der Waals surface area contributed by atoms with Crippen molar-refractivity contribution in [2.45, 2.75) is 0 Å². The van der Waals surface area contributed by atoms with E-state index in [4.69, 9.17) is 16.3 Å². The van der Waals surface area contributed by atoms with E-state index in [1.54, 1.807) is 23.2 Å². The van der Waals surface area contributed by atoms with E-state index >= 15 is 0 Å². The van der Waals surface area contributed by atoms with Gasteiger partial charge in [0.05, 0.1) is 13.2 Å². The molecular weight excluding hydrogens is 240 g/mol. The van der Waals surface area contributed by atoms with Crippen LogP contribution in [0.1, 0.15) is 5.56 Å². The molecule has 0 radical (unpaired) electrons. The van der Waals surface area contributed by atoms with Gasteiger partial charge in [0.1, 0.15) is 5.15 Å². The molecule has 0 bridgehead atoms. The van der Waals surface area contributed by atoms with Gasteiger partial charge in [-0.2, -0.15) is 0 Å². The summed E-state index contributed by atoms with van der Waals surface area (Å²) in [6.45, 7) is 6.20. The van der Waals surface area contributed by atoms with E-state index in [-0.39, 0.29) is 5.91 Å². The third-order valence-electron chi connectivity index (χ3n) is 2.63. The summed E-state index contributed by atoms with van der Waals surface area (Å²) in [5.41, 5.74) is 1.15. The zero-order valence-corrected chi connectivity index (χ0v) is 10.1. The topological polar surface area (TPSA) is 42.4 Å². The maximum atomic E-state index is 12.1. The van der Waals surface area contributed by atoms with Gasteiger partial charge >= 0.3 is 0 Å². The lowest BCUT2D eigenvalue weighted by atomic mass is 10.1. The van der Waals surface area contributed by atoms with Crippen molar-refractivity contribution < 1.29 is 9.53 Å². The molecule has 2 heterocycles. The summed E-state index contributed by atoms with van der Waals surface area (Å²) in [6.07, 6.45) is 1.56. The number of aromatic nitrogens is 1. The summed E-state index contributed by atoms with van der Waals surface area (Å²) < 4.78 is 5.20. The van der Waals surface area contributed by atoms with Crippen LogP contribution in [0.2, 0.25) is 5.15 Å². The fourth-order valence-corrected chi connectivity index (χ4v) is 1.84. The Morgan fingerprint density at radius 2 is 2.18 bits per heavy atom. The Morgan fingerprint density at radius 3 is 2.82 bits per heavy atom. The van der Waals surface area contributed by atoms with Crippen molar-refractivity contribution in [3.05, 3.63) is 35.6 Å². The van der Waals surface area contributed by atoms with Crippen LogP contribution in [0.5, 0.6) is 0 Å². The van der Waals surface area contributed by atoms with Gasteiger partial charge in [-0.1, -0.05) is 18.2 Å². The van der Waals surface area contributed by atoms with Crippen LogP contribution in [0.15, 0.2) is 24.9 Å². The van der Waals surface area contributed by atoms with Crippen LogP contribution in [-0.4, -0.2) is 42.1 Å². The molecule has 0 N–H and O–H groups in total. The molecule has 1 saturated heterocycles. The molecule has 2 rings (SSSR count). The maximum Gasteiger partial charge on any atom is 0.254 e. The number of rotatable bonds is 2. The Bertz CT molecular complexity index is 442. The van der Waals surface area contributed by atoms with Crippen LogP contribution in [0.3, 0.4) is 0 Å². The Balaban J connectivity index is 2.11. The smallest absolute Gasteiger partial charge is 0.254 e. The minimum atomic E-state index is -0.0735. The van der Waals surface area contributed by atoms with Gasteiger partial charge in [0.15, 0.2) is 0 Å². The van der Waals surface area contributed by atoms with Gasteiger partial charge in [-0.15, -0.1) is 0 Å². The number of pyridine rings is 1. The Morgan fingerprint density at radius 1 is 1.47 bits per heavy atom. The summed E-state index contributed by atoms with van der Waals surface area (Å²) in [5.74, 6) is -0.0735. The van der Waals surface area contributed by atoms with E-state index in [1.165, 1.54) is 0 Å². The summed E-state index contributed by atoms with van der Waals surface area (Å²) in [5, 5.41) is 0.360. The van der Waals surface area contributed by atoms with Crippen molar-refractivity contribution in [1.82, 2.24) is 9.88 Å². The number of hydrogen-bond donors (Lipinski definition) is 0. The van der Waals surface area contributed by atoms with Crippen LogP contribution in [0.25, 0.3) is 5.57 Å². The first-order chi connectivity index (χ1) is 8.18. The van der Waals surface area contributed by atoms with Crippen molar-refractivity contribution in [3.63, 3.8) is 0 Å². The first-order valence-corrected chi connectivity index (χ1v) is 5.74. The molecule has 0 aromatic carbocycles. The first-order valence-electron chi connectivity index (χ1n) is 5.36. The third-order valence-corrected chi connectivity index (χ3v) is 2.84. The highest BCUT2D eigenvalue weighted by Gasteiger charge is 2.20. The van der Waals surface area contributed by atoms with E-state index in [0.29, 0.717) is 42.6 Å². The number of ether oxygens (including phenoxy) is 1. The number of carbonyl (C=O) groups excluding carboxylic acids is 1. The molecule has 1 amide bonds. The van der Waals surface area contributed by atoms with E-state index in [1.807, 2.05) is 0 Å². The number of morpholine rings is 1. The van der Waals surface area contributed by atoms with Gasteiger partial charge in [0, 0.05) is 24.9 Å². The van der Waals surface area contributed by atoms with Crippen molar-refractivity contribution in [3.8, 4) is 0 Å². The van der Waals surface area contributed by atoms with Crippen LogP contribution < -0.4 is 0 Å². The van der Waals surface area contributed by atoms with Crippen LogP contribution in [0, 0.1) is 0 Å². The molecule has 0 unspecified atom stereocenters. The lowest BCUT2D eigenvalue weighted by molar-refractivity contribution is -0.128. The highest BCUT2D eigenvalue weighted by atomic mass is 35.5. The highest BCUT2D eigenvalue weighted by molar-refractivity contribution is 6.30. The number of amides is 1. The van der Waals surface area contributed by atoms with Crippen molar-refractivity contribution in [1.29, 1.82) is 0 Å². The molecule has 90 valence electrons. The number of carbonyl (C=O) groups is 1. The minimum absolute atomic E-state index is 0.0735. The van der Waals surface area contributed by atoms with Crippen molar-refractivity contribution in [2.24, 2.45) is 0 Å². The third kappa shape index (κ3) is 2.84. The Kier molecular flexibility index (Phi) is 3.76. The monoisotopic (exact) mass is 252 g/mol.